The van der Waals surface area contributed by atoms with Gasteiger partial charge in [0, 0.05) is 22.7 Å². The predicted molar refractivity (Wildman–Crippen MR) is 83.8 cm³/mol. The second-order valence-corrected chi connectivity index (χ2v) is 5.10. The Morgan fingerprint density at radius 1 is 1.14 bits per heavy atom. The fraction of sp³-hybridized carbons (Fsp3) is 0.111. The highest BCUT2D eigenvalue weighted by Crippen LogP contribution is 2.13. The number of hydrogen-bond donors (Lipinski definition) is 1. The predicted octanol–water partition coefficient (Wildman–Crippen LogP) is 3.46. The average molecular weight is 295 g/mol. The molecule has 0 spiro atoms. The first-order valence-corrected chi connectivity index (χ1v) is 7.04. The van der Waals surface area contributed by atoms with Gasteiger partial charge in [0.25, 0.3) is 0 Å². The Balaban J connectivity index is 2.10. The van der Waals surface area contributed by atoms with E-state index in [1.54, 1.807) is 12.1 Å². The molecule has 22 heavy (non-hydrogen) atoms. The maximum absolute atomic E-state index is 13.3. The molecule has 1 N–H and O–H groups in total. The molecule has 0 fully saturated rings. The van der Waals surface area contributed by atoms with Crippen LogP contribution in [0.15, 0.2) is 53.5 Å². The van der Waals surface area contributed by atoms with Gasteiger partial charge in [-0.25, -0.2) is 4.39 Å². The van der Waals surface area contributed by atoms with Gasteiger partial charge in [0.05, 0.1) is 5.56 Å². The summed E-state index contributed by atoms with van der Waals surface area (Å²) in [7, 11) is 0. The van der Waals surface area contributed by atoms with Crippen molar-refractivity contribution in [1.82, 2.24) is 4.98 Å². The zero-order chi connectivity index (χ0) is 15.7. The second-order valence-electron chi connectivity index (χ2n) is 5.10. The summed E-state index contributed by atoms with van der Waals surface area (Å²) in [6.45, 7) is 2.03. The highest BCUT2D eigenvalue weighted by Gasteiger charge is 2.15. The molecule has 0 radical (unpaired) electrons. The second kappa shape index (κ2) is 5.56. The normalized spacial score (nSPS) is 10.8. The monoisotopic (exact) mass is 295 g/mol. The number of benzene rings is 2. The molecule has 110 valence electrons. The van der Waals surface area contributed by atoms with Crippen LogP contribution >= 0.6 is 0 Å². The maximum Gasteiger partial charge on any atom is 0.200 e. The Labute approximate surface area is 126 Å². The lowest BCUT2D eigenvalue weighted by molar-refractivity contribution is 0.103. The lowest BCUT2D eigenvalue weighted by Gasteiger charge is -2.04. The van der Waals surface area contributed by atoms with E-state index < -0.39 is 11.2 Å². The van der Waals surface area contributed by atoms with Gasteiger partial charge in [-0.05, 0) is 30.2 Å². The van der Waals surface area contributed by atoms with Crippen LogP contribution in [0.2, 0.25) is 0 Å². The summed E-state index contributed by atoms with van der Waals surface area (Å²) in [5, 5.41) is 0.177. The minimum absolute atomic E-state index is 0.0161. The third-order valence-electron chi connectivity index (χ3n) is 3.71. The molecule has 3 rings (SSSR count). The standard InChI is InChI=1S/C18H14FNO2/c1-2-11-3-5-12(6-4-11)17(21)15-10-20-16-8-7-13(19)9-14(16)18(15)22/h3-10H,2H2,1H3,(H,20,22). The van der Waals surface area contributed by atoms with Crippen molar-refractivity contribution >= 4 is 16.7 Å². The topological polar surface area (TPSA) is 49.9 Å². The summed E-state index contributed by atoms with van der Waals surface area (Å²) < 4.78 is 13.3. The quantitative estimate of drug-likeness (QED) is 0.752. The molecule has 1 heterocycles. The molecule has 4 heteroatoms. The fourth-order valence-corrected chi connectivity index (χ4v) is 2.41. The third-order valence-corrected chi connectivity index (χ3v) is 3.71. The highest BCUT2D eigenvalue weighted by molar-refractivity contribution is 6.10. The van der Waals surface area contributed by atoms with Crippen LogP contribution < -0.4 is 5.43 Å². The summed E-state index contributed by atoms with van der Waals surface area (Å²) in [6.07, 6.45) is 2.27. The largest absolute Gasteiger partial charge is 0.360 e. The van der Waals surface area contributed by atoms with Gasteiger partial charge in [-0.15, -0.1) is 0 Å². The number of aryl methyl sites for hydroxylation is 1. The van der Waals surface area contributed by atoms with Crippen molar-refractivity contribution in [2.24, 2.45) is 0 Å². The van der Waals surface area contributed by atoms with Crippen LogP contribution in [0.4, 0.5) is 4.39 Å². The van der Waals surface area contributed by atoms with Crippen LogP contribution in [0, 0.1) is 5.82 Å². The molecule has 3 nitrogen and oxygen atoms in total. The summed E-state index contributed by atoms with van der Waals surface area (Å²) in [4.78, 5) is 27.8. The molecule has 0 saturated carbocycles. The van der Waals surface area contributed by atoms with E-state index in [0.29, 0.717) is 11.1 Å². The van der Waals surface area contributed by atoms with Crippen LogP contribution in [0.25, 0.3) is 10.9 Å². The summed E-state index contributed by atoms with van der Waals surface area (Å²) >= 11 is 0. The SMILES string of the molecule is CCc1ccc(C(=O)c2c[nH]c3ccc(F)cc3c2=O)cc1. The van der Waals surface area contributed by atoms with Crippen molar-refractivity contribution in [3.05, 3.63) is 81.4 Å². The molecular formula is C18H14FNO2. The number of H-pyrrole nitrogens is 1. The van der Waals surface area contributed by atoms with Crippen LogP contribution in [0.3, 0.4) is 0 Å². The molecule has 0 aliphatic carbocycles. The number of aromatic amines is 1. The van der Waals surface area contributed by atoms with Crippen LogP contribution in [-0.4, -0.2) is 10.8 Å². The van der Waals surface area contributed by atoms with Crippen molar-refractivity contribution < 1.29 is 9.18 Å². The first-order valence-electron chi connectivity index (χ1n) is 7.04. The summed E-state index contributed by atoms with van der Waals surface area (Å²) in [5.74, 6) is -0.870. The first-order chi connectivity index (χ1) is 10.6. The Bertz CT molecular complexity index is 911. The average Bonchev–Trinajstić information content (AvgIpc) is 2.55. The summed E-state index contributed by atoms with van der Waals surface area (Å²) in [5.41, 5.74) is 1.62. The summed E-state index contributed by atoms with van der Waals surface area (Å²) in [6, 6.07) is 11.0. The van der Waals surface area contributed by atoms with E-state index in [4.69, 9.17) is 0 Å². The molecule has 0 saturated heterocycles. The number of hydrogen-bond acceptors (Lipinski definition) is 2. The Morgan fingerprint density at radius 2 is 1.86 bits per heavy atom. The third kappa shape index (κ3) is 2.44. The molecule has 1 aromatic heterocycles. The fourth-order valence-electron chi connectivity index (χ4n) is 2.41. The number of nitrogens with one attached hydrogen (secondary N) is 1. The lowest BCUT2D eigenvalue weighted by Crippen LogP contribution is -2.16. The van der Waals surface area contributed by atoms with Crippen LogP contribution in [0.5, 0.6) is 0 Å². The Kier molecular flexibility index (Phi) is 3.59. The van der Waals surface area contributed by atoms with Crippen molar-refractivity contribution in [3.8, 4) is 0 Å². The van der Waals surface area contributed by atoms with E-state index in [9.17, 15) is 14.0 Å². The number of ketones is 1. The van der Waals surface area contributed by atoms with Crippen molar-refractivity contribution in [2.75, 3.05) is 0 Å². The number of carbonyl (C=O) groups is 1. The molecule has 0 unspecified atom stereocenters. The van der Waals surface area contributed by atoms with Gasteiger partial charge >= 0.3 is 0 Å². The van der Waals surface area contributed by atoms with Gasteiger partial charge in [-0.2, -0.15) is 0 Å². The molecule has 0 aliphatic rings. The van der Waals surface area contributed by atoms with E-state index in [1.807, 2.05) is 19.1 Å². The molecule has 0 aliphatic heterocycles. The first kappa shape index (κ1) is 14.2. The van der Waals surface area contributed by atoms with Gasteiger partial charge < -0.3 is 4.98 Å². The number of fused-ring (bicyclic) bond motifs is 1. The van der Waals surface area contributed by atoms with Gasteiger partial charge in [-0.1, -0.05) is 31.2 Å². The van der Waals surface area contributed by atoms with Crippen molar-refractivity contribution in [3.63, 3.8) is 0 Å². The number of rotatable bonds is 3. The van der Waals surface area contributed by atoms with E-state index in [0.717, 1.165) is 18.1 Å². The number of carbonyl (C=O) groups excluding carboxylic acids is 1. The molecule has 0 atom stereocenters. The van der Waals surface area contributed by atoms with E-state index in [2.05, 4.69) is 4.98 Å². The highest BCUT2D eigenvalue weighted by atomic mass is 19.1. The smallest absolute Gasteiger partial charge is 0.200 e. The van der Waals surface area contributed by atoms with Crippen molar-refractivity contribution in [1.29, 1.82) is 0 Å². The van der Waals surface area contributed by atoms with Crippen LogP contribution in [-0.2, 0) is 6.42 Å². The van der Waals surface area contributed by atoms with E-state index in [-0.39, 0.29) is 16.7 Å². The van der Waals surface area contributed by atoms with Gasteiger partial charge in [0.2, 0.25) is 5.43 Å². The van der Waals surface area contributed by atoms with Gasteiger partial charge in [-0.3, -0.25) is 9.59 Å². The molecule has 0 bridgehead atoms. The van der Waals surface area contributed by atoms with Gasteiger partial charge in [0.1, 0.15) is 5.82 Å². The maximum atomic E-state index is 13.3. The van der Waals surface area contributed by atoms with E-state index in [1.165, 1.54) is 18.3 Å². The molecule has 0 amide bonds. The van der Waals surface area contributed by atoms with Gasteiger partial charge in [0.15, 0.2) is 5.78 Å². The number of halogens is 1. The minimum atomic E-state index is -0.505. The minimum Gasteiger partial charge on any atom is -0.360 e. The molecular weight excluding hydrogens is 281 g/mol. The van der Waals surface area contributed by atoms with E-state index >= 15 is 0 Å². The van der Waals surface area contributed by atoms with Crippen molar-refractivity contribution in [2.45, 2.75) is 13.3 Å². The molecule has 3 aromatic rings. The Morgan fingerprint density at radius 3 is 2.55 bits per heavy atom. The number of pyridine rings is 1. The Hall–Kier alpha value is -2.75. The number of aromatic nitrogens is 1. The van der Waals surface area contributed by atoms with Crippen LogP contribution in [0.1, 0.15) is 28.4 Å². The molecule has 2 aromatic carbocycles. The zero-order valence-electron chi connectivity index (χ0n) is 12.0. The zero-order valence-corrected chi connectivity index (χ0v) is 12.0. The lowest BCUT2D eigenvalue weighted by atomic mass is 10.0.